The third kappa shape index (κ3) is 4.73. The summed E-state index contributed by atoms with van der Waals surface area (Å²) < 4.78 is 41.0. The molecule has 3 rings (SSSR count). The molecule has 0 amide bonds. The van der Waals surface area contributed by atoms with Gasteiger partial charge in [-0.05, 0) is 53.9 Å². The van der Waals surface area contributed by atoms with Gasteiger partial charge < -0.3 is 5.73 Å². The van der Waals surface area contributed by atoms with Crippen molar-refractivity contribution in [2.75, 3.05) is 6.26 Å². The lowest BCUT2D eigenvalue weighted by molar-refractivity contribution is 0.302. The molecule has 2 N–H and O–H groups in total. The zero-order valence-corrected chi connectivity index (χ0v) is 16.3. The molecule has 0 saturated carbocycles. The highest BCUT2D eigenvalue weighted by Gasteiger charge is 2.15. The summed E-state index contributed by atoms with van der Waals surface area (Å²) in [6.45, 7) is 0. The molecule has 10 heteroatoms. The Morgan fingerprint density at radius 2 is 1.89 bits per heavy atom. The minimum Gasteiger partial charge on any atom is -0.382 e. The molecular formula is C18H16ClFN4O3S. The lowest BCUT2D eigenvalue weighted by Gasteiger charge is -2.03. The Hall–Kier alpha value is -2.78. The number of benzene rings is 2. The van der Waals surface area contributed by atoms with Gasteiger partial charge in [-0.25, -0.2) is 22.4 Å². The second-order valence-electron chi connectivity index (χ2n) is 6.07. The Morgan fingerprint density at radius 1 is 1.18 bits per heavy atom. The Morgan fingerprint density at radius 3 is 2.54 bits per heavy atom. The van der Waals surface area contributed by atoms with Crippen LogP contribution < -0.4 is 5.73 Å². The van der Waals surface area contributed by atoms with Gasteiger partial charge in [0.15, 0.2) is 21.4 Å². The van der Waals surface area contributed by atoms with Gasteiger partial charge in [0.05, 0.1) is 15.6 Å². The fourth-order valence-corrected chi connectivity index (χ4v) is 3.28. The number of nitrogens with two attached hydrogens (primary N) is 1. The SMILES string of the molecule is CS(=O)(=O)c1ccc(CCc2nonc2C(N)=Nc2ccc(F)c(Cl)c2)cc1. The highest BCUT2D eigenvalue weighted by Crippen LogP contribution is 2.22. The average Bonchev–Trinajstić information content (AvgIpc) is 3.11. The van der Waals surface area contributed by atoms with Crippen LogP contribution in [0, 0.1) is 5.82 Å². The van der Waals surface area contributed by atoms with E-state index in [1.807, 2.05) is 0 Å². The third-order valence-corrected chi connectivity index (χ3v) is 5.37. The molecule has 2 aromatic carbocycles. The van der Waals surface area contributed by atoms with E-state index in [0.29, 0.717) is 24.2 Å². The van der Waals surface area contributed by atoms with Crippen LogP contribution in [0.15, 0.2) is 57.0 Å². The summed E-state index contributed by atoms with van der Waals surface area (Å²) in [4.78, 5) is 4.43. The number of aromatic nitrogens is 2. The summed E-state index contributed by atoms with van der Waals surface area (Å²) in [6.07, 6.45) is 2.18. The minimum atomic E-state index is -3.23. The van der Waals surface area contributed by atoms with Crippen LogP contribution in [0.2, 0.25) is 5.02 Å². The van der Waals surface area contributed by atoms with Crippen molar-refractivity contribution < 1.29 is 17.4 Å². The molecular weight excluding hydrogens is 407 g/mol. The van der Waals surface area contributed by atoms with Gasteiger partial charge in [0.2, 0.25) is 0 Å². The van der Waals surface area contributed by atoms with Crippen molar-refractivity contribution >= 4 is 33.0 Å². The van der Waals surface area contributed by atoms with E-state index < -0.39 is 15.7 Å². The largest absolute Gasteiger partial charge is 0.382 e. The van der Waals surface area contributed by atoms with E-state index in [-0.39, 0.29) is 21.4 Å². The summed E-state index contributed by atoms with van der Waals surface area (Å²) in [7, 11) is -3.23. The first-order valence-corrected chi connectivity index (χ1v) is 10.4. The van der Waals surface area contributed by atoms with Crippen molar-refractivity contribution in [3.8, 4) is 0 Å². The minimum absolute atomic E-state index is 0.0614. The number of aryl methyl sites for hydroxylation is 2. The fraction of sp³-hybridized carbons (Fsp3) is 0.167. The van der Waals surface area contributed by atoms with Gasteiger partial charge >= 0.3 is 0 Å². The maximum atomic E-state index is 13.2. The molecule has 0 saturated heterocycles. The van der Waals surface area contributed by atoms with Crippen LogP contribution >= 0.6 is 11.6 Å². The van der Waals surface area contributed by atoms with Gasteiger partial charge in [0.1, 0.15) is 11.5 Å². The van der Waals surface area contributed by atoms with Gasteiger partial charge in [-0.15, -0.1) is 0 Å². The fourth-order valence-electron chi connectivity index (χ4n) is 2.48. The highest BCUT2D eigenvalue weighted by atomic mass is 35.5. The second kappa shape index (κ2) is 8.07. The molecule has 28 heavy (non-hydrogen) atoms. The molecule has 0 aliphatic carbocycles. The summed E-state index contributed by atoms with van der Waals surface area (Å²) in [5, 5.41) is 7.57. The number of aliphatic imine (C=N–C) groups is 1. The molecule has 1 heterocycles. The molecule has 0 bridgehead atoms. The van der Waals surface area contributed by atoms with Crippen LogP contribution in [0.5, 0.6) is 0 Å². The molecule has 146 valence electrons. The van der Waals surface area contributed by atoms with Crippen LogP contribution in [0.25, 0.3) is 0 Å². The number of sulfone groups is 1. The Bertz CT molecular complexity index is 1130. The summed E-state index contributed by atoms with van der Waals surface area (Å²) >= 11 is 5.74. The number of amidine groups is 1. The van der Waals surface area contributed by atoms with Gasteiger partial charge in [0.25, 0.3) is 0 Å². The smallest absolute Gasteiger partial charge is 0.175 e. The lowest BCUT2D eigenvalue weighted by atomic mass is 10.1. The van der Waals surface area contributed by atoms with E-state index >= 15 is 0 Å². The van der Waals surface area contributed by atoms with E-state index in [2.05, 4.69) is 15.3 Å². The number of hydrogen-bond acceptors (Lipinski definition) is 6. The number of nitrogens with zero attached hydrogens (tertiary/aromatic N) is 3. The quantitative estimate of drug-likeness (QED) is 0.482. The molecule has 0 aliphatic heterocycles. The van der Waals surface area contributed by atoms with Crippen LogP contribution in [0.4, 0.5) is 10.1 Å². The summed E-state index contributed by atoms with van der Waals surface area (Å²) in [5.41, 5.74) is 8.06. The predicted octanol–water partition coefficient (Wildman–Crippen LogP) is 3.09. The first-order chi connectivity index (χ1) is 13.2. The van der Waals surface area contributed by atoms with Crippen LogP contribution in [-0.2, 0) is 22.7 Å². The standard InChI is InChI=1S/C18H16ClFN4O3S/c1-28(25,26)13-6-2-11(3-7-13)4-9-16-17(24-27-23-16)18(21)22-12-5-8-15(20)14(19)10-12/h2-3,5-8,10H,4,9H2,1H3,(H2,21,22). The zero-order chi connectivity index (χ0) is 20.3. The molecule has 0 atom stereocenters. The molecule has 0 spiro atoms. The van der Waals surface area contributed by atoms with Crippen molar-refractivity contribution in [1.82, 2.24) is 10.3 Å². The Balaban J connectivity index is 1.74. The van der Waals surface area contributed by atoms with Crippen LogP contribution in [0.1, 0.15) is 17.0 Å². The van der Waals surface area contributed by atoms with Crippen LogP contribution in [-0.4, -0.2) is 30.8 Å². The monoisotopic (exact) mass is 422 g/mol. The molecule has 0 unspecified atom stereocenters. The van der Waals surface area contributed by atoms with Gasteiger partial charge in [0, 0.05) is 6.26 Å². The maximum absolute atomic E-state index is 13.2. The van der Waals surface area contributed by atoms with Gasteiger partial charge in [-0.1, -0.05) is 28.9 Å². The number of halogens is 2. The number of rotatable bonds is 6. The average molecular weight is 423 g/mol. The van der Waals surface area contributed by atoms with E-state index in [1.54, 1.807) is 24.3 Å². The second-order valence-corrected chi connectivity index (χ2v) is 8.49. The Labute approximate surface area is 165 Å². The molecule has 7 nitrogen and oxygen atoms in total. The summed E-state index contributed by atoms with van der Waals surface area (Å²) in [5.74, 6) is -0.490. The predicted molar refractivity (Wildman–Crippen MR) is 103 cm³/mol. The van der Waals surface area contributed by atoms with Crippen LogP contribution in [0.3, 0.4) is 0 Å². The van der Waals surface area contributed by atoms with Gasteiger partial charge in [-0.2, -0.15) is 0 Å². The van der Waals surface area contributed by atoms with Crippen molar-refractivity contribution in [2.24, 2.45) is 10.7 Å². The molecule has 0 aliphatic rings. The first kappa shape index (κ1) is 20.0. The van der Waals surface area contributed by atoms with E-state index in [1.165, 1.54) is 18.2 Å². The third-order valence-electron chi connectivity index (χ3n) is 3.95. The number of hydrogen-bond donors (Lipinski definition) is 1. The first-order valence-electron chi connectivity index (χ1n) is 8.14. The molecule has 0 radical (unpaired) electrons. The molecule has 1 aromatic heterocycles. The normalized spacial score (nSPS) is 12.3. The topological polar surface area (TPSA) is 111 Å². The molecule has 0 fully saturated rings. The molecule has 3 aromatic rings. The van der Waals surface area contributed by atoms with E-state index in [9.17, 15) is 12.8 Å². The van der Waals surface area contributed by atoms with Crippen molar-refractivity contribution in [2.45, 2.75) is 17.7 Å². The van der Waals surface area contributed by atoms with Gasteiger partial charge in [-0.3, -0.25) is 0 Å². The highest BCUT2D eigenvalue weighted by molar-refractivity contribution is 7.90. The lowest BCUT2D eigenvalue weighted by Crippen LogP contribution is -2.16. The van der Waals surface area contributed by atoms with Crippen molar-refractivity contribution in [3.05, 3.63) is 70.3 Å². The maximum Gasteiger partial charge on any atom is 0.175 e. The van der Waals surface area contributed by atoms with E-state index in [4.69, 9.17) is 22.0 Å². The summed E-state index contributed by atoms with van der Waals surface area (Å²) in [6, 6.07) is 10.6. The van der Waals surface area contributed by atoms with Crippen molar-refractivity contribution in [3.63, 3.8) is 0 Å². The van der Waals surface area contributed by atoms with E-state index in [0.717, 1.165) is 11.8 Å². The Kier molecular flexibility index (Phi) is 5.76. The zero-order valence-electron chi connectivity index (χ0n) is 14.8. The van der Waals surface area contributed by atoms with Crippen molar-refractivity contribution in [1.29, 1.82) is 0 Å².